The number of halogens is 3. The van der Waals surface area contributed by atoms with Crippen molar-refractivity contribution in [3.8, 4) is 0 Å². The van der Waals surface area contributed by atoms with E-state index >= 15 is 0 Å². The molecule has 0 aliphatic rings. The smallest absolute Gasteiger partial charge is 1.00 e. The first kappa shape index (κ1) is 72.0. The van der Waals surface area contributed by atoms with E-state index in [1.54, 1.807) is 0 Å². The molecule has 0 spiro atoms. The molecule has 0 bridgehead atoms. The molecule has 6 aromatic carbocycles. The minimum Gasteiger partial charge on any atom is -1.00 e. The van der Waals surface area contributed by atoms with Crippen LogP contribution in [0.3, 0.4) is 0 Å². The van der Waals surface area contributed by atoms with Crippen molar-refractivity contribution in [2.24, 2.45) is 16.2 Å². The van der Waals surface area contributed by atoms with Crippen LogP contribution >= 0.6 is 23.8 Å². The number of rotatable bonds is 6. The Labute approximate surface area is 428 Å². The fourth-order valence-corrected chi connectivity index (χ4v) is 7.32. The van der Waals surface area contributed by atoms with Gasteiger partial charge in [-0.05, 0) is 40.0 Å². The van der Waals surface area contributed by atoms with Crippen molar-refractivity contribution in [3.05, 3.63) is 147 Å². The predicted octanol–water partition coefficient (Wildman–Crippen LogP) is 7.62. The standard InChI is InChI=1S/3C9H7.3C8H18P.3ClH.3V/c3*1-2-5-9-7-3-6-8(9)4-1;3*1-8(2,3)6-7-9(4)5;;;;;;/h3*1-7H;3*6H,7H2,1-5H3;3*1H;;;/q6*-1;;;;3*+2/p-3. The molecule has 6 rings (SSSR count). The normalized spacial score (nSPS) is 10.3. The van der Waals surface area contributed by atoms with E-state index in [0.29, 0.717) is 16.2 Å². The third-order valence-electron chi connectivity index (χ3n) is 7.85. The third-order valence-corrected chi connectivity index (χ3v) is 10.6. The van der Waals surface area contributed by atoms with Gasteiger partial charge in [0.1, 0.15) is 0 Å². The second kappa shape index (κ2) is 38.7. The second-order valence-electron chi connectivity index (χ2n) is 18.0. The fraction of sp³-hybridized carbons (Fsp3) is 0.412. The van der Waals surface area contributed by atoms with Crippen molar-refractivity contribution in [3.63, 3.8) is 0 Å². The van der Waals surface area contributed by atoms with Gasteiger partial charge < -0.3 is 56.5 Å². The number of hydrogen-bond donors (Lipinski definition) is 0. The summed E-state index contributed by atoms with van der Waals surface area (Å²) in [7, 11) is 0.839. The van der Waals surface area contributed by atoms with Crippen LogP contribution in [0.4, 0.5) is 0 Å². The van der Waals surface area contributed by atoms with E-state index in [1.165, 1.54) is 50.8 Å². The monoisotopic (exact) mass is 1040 g/mol. The molecule has 0 aliphatic carbocycles. The largest absolute Gasteiger partial charge is 2.00 e. The maximum absolute atomic E-state index is 2.42. The average molecular weight is 1040 g/mol. The van der Waals surface area contributed by atoms with Crippen molar-refractivity contribution in [2.75, 3.05) is 58.5 Å². The molecule has 0 aromatic heterocycles. The van der Waals surface area contributed by atoms with Crippen LogP contribution in [0.25, 0.3) is 32.3 Å². The Morgan fingerprint density at radius 1 is 0.367 bits per heavy atom. The first-order chi connectivity index (χ1) is 25.1. The van der Waals surface area contributed by atoms with E-state index in [2.05, 4.69) is 249 Å². The van der Waals surface area contributed by atoms with Crippen LogP contribution in [-0.2, 0) is 55.7 Å². The van der Waals surface area contributed by atoms with Crippen molar-refractivity contribution in [1.82, 2.24) is 0 Å². The summed E-state index contributed by atoms with van der Waals surface area (Å²) in [5, 5.41) is 7.99. The molecule has 0 heterocycles. The number of fused-ring (bicyclic) bond motifs is 3. The molecule has 0 unspecified atom stereocenters. The Hall–Kier alpha value is 0.403. The van der Waals surface area contributed by atoms with Crippen LogP contribution in [0.5, 0.6) is 0 Å². The van der Waals surface area contributed by atoms with Crippen LogP contribution in [-0.4, -0.2) is 58.5 Å². The van der Waals surface area contributed by atoms with E-state index in [1.807, 2.05) is 0 Å². The van der Waals surface area contributed by atoms with E-state index in [-0.39, 0.29) is 117 Å². The van der Waals surface area contributed by atoms with Gasteiger partial charge in [0, 0.05) is 0 Å². The van der Waals surface area contributed by atoms with Gasteiger partial charge in [-0.15, -0.1) is 113 Å². The zero-order valence-corrected chi connectivity index (χ0v) is 48.4. The summed E-state index contributed by atoms with van der Waals surface area (Å²) in [6, 6.07) is 44.0. The number of benzene rings is 3. The summed E-state index contributed by atoms with van der Waals surface area (Å²) >= 11 is 0. The van der Waals surface area contributed by atoms with Crippen molar-refractivity contribution >= 4 is 56.1 Å². The Kier molecular flexibility index (Phi) is 46.4. The summed E-state index contributed by atoms with van der Waals surface area (Å²) in [6.07, 6.45) is 11.2. The van der Waals surface area contributed by atoms with Crippen molar-refractivity contribution < 1.29 is 92.9 Å². The van der Waals surface area contributed by atoms with E-state index in [0.717, 1.165) is 0 Å². The van der Waals surface area contributed by atoms with Gasteiger partial charge in [-0.1, -0.05) is 80.5 Å². The van der Waals surface area contributed by atoms with Gasteiger partial charge in [0.25, 0.3) is 0 Å². The fourth-order valence-electron chi connectivity index (χ4n) is 4.58. The molecular weight excluding hydrogens is 965 g/mol. The molecule has 0 saturated heterocycles. The maximum Gasteiger partial charge on any atom is 2.00 e. The first-order valence-corrected chi connectivity index (χ1v) is 26.7. The van der Waals surface area contributed by atoms with Crippen LogP contribution in [0.15, 0.2) is 127 Å². The van der Waals surface area contributed by atoms with Crippen LogP contribution in [0.2, 0.25) is 0 Å². The van der Waals surface area contributed by atoms with Gasteiger partial charge in [-0.25, -0.2) is 0 Å². The van der Waals surface area contributed by atoms with Crippen molar-refractivity contribution in [1.29, 1.82) is 0 Å². The van der Waals surface area contributed by atoms with Crippen LogP contribution < -0.4 is 37.2 Å². The molecule has 9 heteroatoms. The third kappa shape index (κ3) is 40.0. The first-order valence-electron chi connectivity index (χ1n) is 19.4. The minimum atomic E-state index is 0. The average Bonchev–Trinajstić information content (AvgIpc) is 3.87. The molecule has 0 aliphatic heterocycles. The zero-order chi connectivity index (χ0) is 40.8. The Balaban J connectivity index is -0.000000143. The molecule has 333 valence electrons. The van der Waals surface area contributed by atoms with Gasteiger partial charge in [-0.2, -0.15) is 87.3 Å². The molecule has 0 atom stereocenters. The summed E-state index contributed by atoms with van der Waals surface area (Å²) < 4.78 is 0. The van der Waals surface area contributed by atoms with E-state index in [9.17, 15) is 0 Å². The van der Waals surface area contributed by atoms with Gasteiger partial charge in [0.15, 0.2) is 0 Å². The van der Waals surface area contributed by atoms with Gasteiger partial charge >= 0.3 is 55.7 Å². The topological polar surface area (TPSA) is 0 Å². The molecule has 0 amide bonds. The minimum absolute atomic E-state index is 0. The summed E-state index contributed by atoms with van der Waals surface area (Å²) in [5.74, 6) is 0. The molecule has 6 aromatic rings. The van der Waals surface area contributed by atoms with Gasteiger partial charge in [-0.3, -0.25) is 0 Å². The molecular formula is C51H75Cl3P3V3-3. The molecule has 0 fully saturated rings. The molecule has 0 N–H and O–H groups in total. The molecule has 0 saturated carbocycles. The predicted molar refractivity (Wildman–Crippen MR) is 261 cm³/mol. The molecule has 60 heavy (non-hydrogen) atoms. The SMILES string of the molecule is CP(C)C[CH-]C(C)(C)C.CP(C)C[CH-]C(C)(C)C.CP(C)C[CH-]C(C)(C)C.[Cl-].[Cl-].[Cl-].[V+2].[V+2].[V+2].c1ccc2[cH-]ccc2c1.c1ccc2[cH-]ccc2c1.c1ccc2[cH-]ccc2c1. The summed E-state index contributed by atoms with van der Waals surface area (Å²) in [5.41, 5.74) is 1.27. The second-order valence-corrected chi connectivity index (χ2v) is 25.5. The van der Waals surface area contributed by atoms with E-state index in [4.69, 9.17) is 0 Å². The Bertz CT molecular complexity index is 1490. The summed E-state index contributed by atoms with van der Waals surface area (Å²) in [6.45, 7) is 34.2. The Morgan fingerprint density at radius 3 is 0.717 bits per heavy atom. The maximum atomic E-state index is 2.42. The van der Waals surface area contributed by atoms with Crippen LogP contribution in [0.1, 0.15) is 62.3 Å². The van der Waals surface area contributed by atoms with Gasteiger partial charge in [0.05, 0.1) is 0 Å². The molecule has 0 nitrogen and oxygen atoms in total. The number of hydrogen-bond acceptors (Lipinski definition) is 0. The van der Waals surface area contributed by atoms with E-state index < -0.39 is 0 Å². The quantitative estimate of drug-likeness (QED) is 0.119. The summed E-state index contributed by atoms with van der Waals surface area (Å²) in [4.78, 5) is 0. The molecule has 3 radical (unpaired) electrons. The zero-order valence-electron chi connectivity index (χ0n) is 39.3. The van der Waals surface area contributed by atoms with Crippen LogP contribution in [0, 0.1) is 35.5 Å². The van der Waals surface area contributed by atoms with Gasteiger partial charge in [0.2, 0.25) is 0 Å². The van der Waals surface area contributed by atoms with Crippen molar-refractivity contribution in [2.45, 2.75) is 62.3 Å². The Morgan fingerprint density at radius 2 is 0.567 bits per heavy atom.